The van der Waals surface area contributed by atoms with Gasteiger partial charge in [-0.05, 0) is 32.2 Å². The molecule has 0 aliphatic heterocycles. The van der Waals surface area contributed by atoms with Crippen LogP contribution in [0.25, 0.3) is 0 Å². The van der Waals surface area contributed by atoms with Crippen molar-refractivity contribution in [1.29, 1.82) is 0 Å². The molecular weight excluding hydrogens is 196 g/mol. The van der Waals surface area contributed by atoms with Gasteiger partial charge in [0.2, 0.25) is 0 Å². The Bertz CT molecular complexity index is 182. The Hall–Kier alpha value is -0.0800. The highest BCUT2D eigenvalue weighted by Gasteiger charge is 2.23. The van der Waals surface area contributed by atoms with Crippen molar-refractivity contribution in [2.24, 2.45) is 11.3 Å². The summed E-state index contributed by atoms with van der Waals surface area (Å²) in [6.07, 6.45) is 0. The molecule has 1 N–H and O–H groups in total. The first-order chi connectivity index (χ1) is 7.16. The van der Waals surface area contributed by atoms with E-state index in [-0.39, 0.29) is 0 Å². The molecule has 0 heterocycles. The lowest BCUT2D eigenvalue weighted by Crippen LogP contribution is -2.44. The maximum atomic E-state index is 3.58. The molecule has 2 heteroatoms. The van der Waals surface area contributed by atoms with Crippen molar-refractivity contribution < 1.29 is 0 Å². The summed E-state index contributed by atoms with van der Waals surface area (Å²) in [7, 11) is 2.22. The van der Waals surface area contributed by atoms with Crippen LogP contribution < -0.4 is 5.32 Å². The van der Waals surface area contributed by atoms with Crippen molar-refractivity contribution >= 4 is 0 Å². The average Bonchev–Trinajstić information content (AvgIpc) is 2.14. The van der Waals surface area contributed by atoms with Gasteiger partial charge < -0.3 is 10.2 Å². The zero-order chi connectivity index (χ0) is 12.9. The molecule has 0 radical (unpaired) electrons. The minimum atomic E-state index is 0.360. The van der Waals surface area contributed by atoms with Gasteiger partial charge in [-0.25, -0.2) is 0 Å². The van der Waals surface area contributed by atoms with Gasteiger partial charge in [-0.15, -0.1) is 0 Å². The van der Waals surface area contributed by atoms with E-state index in [4.69, 9.17) is 0 Å². The third-order valence-electron chi connectivity index (χ3n) is 3.85. The van der Waals surface area contributed by atoms with Crippen molar-refractivity contribution in [2.75, 3.05) is 20.1 Å². The smallest absolute Gasteiger partial charge is 0.0113 e. The molecule has 0 aliphatic rings. The molecule has 0 aromatic rings. The highest BCUT2D eigenvalue weighted by molar-refractivity contribution is 4.78. The number of likely N-dealkylation sites (N-methyl/N-ethyl adjacent to an activating group) is 1. The van der Waals surface area contributed by atoms with Gasteiger partial charge in [0.05, 0.1) is 0 Å². The quantitative estimate of drug-likeness (QED) is 0.752. The lowest BCUT2D eigenvalue weighted by Gasteiger charge is -2.35. The molecule has 0 aromatic heterocycles. The summed E-state index contributed by atoms with van der Waals surface area (Å²) < 4.78 is 0. The second-order valence-corrected chi connectivity index (χ2v) is 6.51. The zero-order valence-corrected chi connectivity index (χ0v) is 12.6. The third kappa shape index (κ3) is 5.86. The van der Waals surface area contributed by atoms with E-state index in [0.717, 1.165) is 13.1 Å². The van der Waals surface area contributed by atoms with Crippen LogP contribution in [0.15, 0.2) is 0 Å². The van der Waals surface area contributed by atoms with Crippen LogP contribution >= 0.6 is 0 Å². The predicted molar refractivity (Wildman–Crippen MR) is 73.8 cm³/mol. The lowest BCUT2D eigenvalue weighted by atomic mass is 9.87. The highest BCUT2D eigenvalue weighted by Crippen LogP contribution is 2.22. The van der Waals surface area contributed by atoms with E-state index in [0.29, 0.717) is 23.4 Å². The second kappa shape index (κ2) is 6.61. The van der Waals surface area contributed by atoms with Gasteiger partial charge in [-0.2, -0.15) is 0 Å². The van der Waals surface area contributed by atoms with E-state index in [1.165, 1.54) is 0 Å². The molecule has 98 valence electrons. The lowest BCUT2D eigenvalue weighted by molar-refractivity contribution is 0.140. The maximum absolute atomic E-state index is 3.58. The summed E-state index contributed by atoms with van der Waals surface area (Å²) in [5, 5.41) is 3.58. The van der Waals surface area contributed by atoms with Crippen LogP contribution in [-0.2, 0) is 0 Å². The van der Waals surface area contributed by atoms with Gasteiger partial charge >= 0.3 is 0 Å². The molecule has 0 amide bonds. The van der Waals surface area contributed by atoms with Crippen LogP contribution in [0.1, 0.15) is 48.5 Å². The van der Waals surface area contributed by atoms with Gasteiger partial charge in [0, 0.05) is 25.2 Å². The average molecular weight is 228 g/mol. The fourth-order valence-electron chi connectivity index (χ4n) is 1.56. The van der Waals surface area contributed by atoms with Gasteiger partial charge in [-0.3, -0.25) is 0 Å². The van der Waals surface area contributed by atoms with E-state index < -0.39 is 0 Å². The fraction of sp³-hybridized carbons (Fsp3) is 1.00. The summed E-state index contributed by atoms with van der Waals surface area (Å²) in [5.74, 6) is 0.713. The van der Waals surface area contributed by atoms with Crippen LogP contribution in [-0.4, -0.2) is 37.1 Å². The number of nitrogens with zero attached hydrogens (tertiary/aromatic N) is 1. The molecule has 0 saturated heterocycles. The molecular formula is C14H32N2. The Kier molecular flexibility index (Phi) is 6.57. The molecule has 0 aromatic carbocycles. The summed E-state index contributed by atoms with van der Waals surface area (Å²) >= 11 is 0. The Morgan fingerprint density at radius 1 is 1.06 bits per heavy atom. The highest BCUT2D eigenvalue weighted by atomic mass is 15.1. The molecule has 0 aliphatic carbocycles. The largest absolute Gasteiger partial charge is 0.313 e. The van der Waals surface area contributed by atoms with E-state index >= 15 is 0 Å². The molecule has 0 fully saturated rings. The summed E-state index contributed by atoms with van der Waals surface area (Å²) in [6, 6.07) is 1.22. The molecule has 0 bridgehead atoms. The summed E-state index contributed by atoms with van der Waals surface area (Å²) in [6.45, 7) is 18.2. The van der Waals surface area contributed by atoms with Crippen LogP contribution in [0.4, 0.5) is 0 Å². The molecule has 2 nitrogen and oxygen atoms in total. The number of rotatable bonds is 6. The van der Waals surface area contributed by atoms with Gasteiger partial charge in [-0.1, -0.05) is 34.6 Å². The van der Waals surface area contributed by atoms with Crippen LogP contribution in [0.2, 0.25) is 0 Å². The molecule has 0 saturated carbocycles. The van der Waals surface area contributed by atoms with Gasteiger partial charge in [0.25, 0.3) is 0 Å². The minimum absolute atomic E-state index is 0.360. The Morgan fingerprint density at radius 2 is 1.56 bits per heavy atom. The summed E-state index contributed by atoms with van der Waals surface area (Å²) in [4.78, 5) is 2.44. The van der Waals surface area contributed by atoms with Crippen molar-refractivity contribution in [3.8, 4) is 0 Å². The normalized spacial score (nSPS) is 16.9. The predicted octanol–water partition coefficient (Wildman–Crippen LogP) is 2.99. The topological polar surface area (TPSA) is 15.3 Å². The Morgan fingerprint density at radius 3 is 1.94 bits per heavy atom. The molecule has 0 rings (SSSR count). The minimum Gasteiger partial charge on any atom is -0.313 e. The Labute approximate surface area is 103 Å². The van der Waals surface area contributed by atoms with E-state index in [9.17, 15) is 0 Å². The van der Waals surface area contributed by atoms with E-state index in [1.54, 1.807) is 0 Å². The van der Waals surface area contributed by atoms with Crippen molar-refractivity contribution in [2.45, 2.75) is 60.5 Å². The zero-order valence-electron chi connectivity index (χ0n) is 12.6. The van der Waals surface area contributed by atoms with Crippen LogP contribution in [0, 0.1) is 11.3 Å². The van der Waals surface area contributed by atoms with Crippen molar-refractivity contribution in [3.63, 3.8) is 0 Å². The Balaban J connectivity index is 3.86. The monoisotopic (exact) mass is 228 g/mol. The van der Waals surface area contributed by atoms with E-state index in [1.807, 2.05) is 0 Å². The first-order valence-corrected chi connectivity index (χ1v) is 6.60. The number of hydrogen-bond donors (Lipinski definition) is 1. The first kappa shape index (κ1) is 15.9. The van der Waals surface area contributed by atoms with Crippen molar-refractivity contribution in [3.05, 3.63) is 0 Å². The molecule has 2 atom stereocenters. The maximum Gasteiger partial charge on any atom is 0.0113 e. The fourth-order valence-corrected chi connectivity index (χ4v) is 1.56. The number of nitrogens with one attached hydrogen (secondary N) is 1. The SMILES string of the molecule is CC(C)C(C)NCCN(C)C(C)C(C)(C)C. The van der Waals surface area contributed by atoms with Gasteiger partial charge in [0.1, 0.15) is 0 Å². The summed E-state index contributed by atoms with van der Waals surface area (Å²) in [5.41, 5.74) is 0.360. The molecule has 16 heavy (non-hydrogen) atoms. The molecule has 2 unspecified atom stereocenters. The first-order valence-electron chi connectivity index (χ1n) is 6.60. The van der Waals surface area contributed by atoms with Crippen molar-refractivity contribution in [1.82, 2.24) is 10.2 Å². The van der Waals surface area contributed by atoms with E-state index in [2.05, 4.69) is 65.7 Å². The number of hydrogen-bond acceptors (Lipinski definition) is 2. The van der Waals surface area contributed by atoms with Gasteiger partial charge in [0.15, 0.2) is 0 Å². The van der Waals surface area contributed by atoms with Crippen LogP contribution in [0.3, 0.4) is 0 Å². The molecule has 0 spiro atoms. The second-order valence-electron chi connectivity index (χ2n) is 6.51. The standard InChI is InChI=1S/C14H32N2/c1-11(2)12(3)15-9-10-16(8)13(4)14(5,6)7/h11-13,15H,9-10H2,1-8H3. The van der Waals surface area contributed by atoms with Crippen LogP contribution in [0.5, 0.6) is 0 Å². The third-order valence-corrected chi connectivity index (χ3v) is 3.85.